The third-order valence-corrected chi connectivity index (χ3v) is 4.01. The lowest BCUT2D eigenvalue weighted by atomic mass is 9.94. The first-order valence-electron chi connectivity index (χ1n) is 7.24. The SMILES string of the molecule is COCc1ccccc1CNC(=O)CC1(N)CCCC1. The molecule has 0 aliphatic heterocycles. The number of rotatable bonds is 6. The van der Waals surface area contributed by atoms with Gasteiger partial charge in [-0.25, -0.2) is 0 Å². The highest BCUT2D eigenvalue weighted by molar-refractivity contribution is 5.77. The number of carbonyl (C=O) groups is 1. The standard InChI is InChI=1S/C16H24N2O2/c1-20-12-14-7-3-2-6-13(14)11-18-15(19)10-16(17)8-4-5-9-16/h2-3,6-7H,4-5,8-12,17H2,1H3,(H,18,19). The second-order valence-electron chi connectivity index (χ2n) is 5.72. The fraction of sp³-hybridized carbons (Fsp3) is 0.562. The van der Waals surface area contributed by atoms with Gasteiger partial charge in [-0.05, 0) is 24.0 Å². The summed E-state index contributed by atoms with van der Waals surface area (Å²) in [6.07, 6.45) is 4.63. The number of carbonyl (C=O) groups excluding carboxylic acids is 1. The maximum atomic E-state index is 12.0. The minimum absolute atomic E-state index is 0.0432. The Kier molecular flexibility index (Phi) is 5.15. The van der Waals surface area contributed by atoms with Gasteiger partial charge >= 0.3 is 0 Å². The zero-order chi connectivity index (χ0) is 14.4. The van der Waals surface area contributed by atoms with Gasteiger partial charge in [0.1, 0.15) is 0 Å². The van der Waals surface area contributed by atoms with Crippen molar-refractivity contribution >= 4 is 5.91 Å². The van der Waals surface area contributed by atoms with Crippen LogP contribution in [0.3, 0.4) is 0 Å². The lowest BCUT2D eigenvalue weighted by Gasteiger charge is -2.22. The molecule has 0 radical (unpaired) electrons. The molecule has 0 saturated heterocycles. The second-order valence-corrected chi connectivity index (χ2v) is 5.72. The van der Waals surface area contributed by atoms with Gasteiger partial charge in [0.2, 0.25) is 5.91 Å². The molecular formula is C16H24N2O2. The molecule has 20 heavy (non-hydrogen) atoms. The molecular weight excluding hydrogens is 252 g/mol. The van der Waals surface area contributed by atoms with Crippen molar-refractivity contribution in [2.24, 2.45) is 5.73 Å². The number of nitrogens with one attached hydrogen (secondary N) is 1. The lowest BCUT2D eigenvalue weighted by molar-refractivity contribution is -0.122. The van der Waals surface area contributed by atoms with Crippen LogP contribution < -0.4 is 11.1 Å². The maximum absolute atomic E-state index is 12.0. The highest BCUT2D eigenvalue weighted by Gasteiger charge is 2.31. The Labute approximate surface area is 120 Å². The predicted octanol–water partition coefficient (Wildman–Crippen LogP) is 2.11. The van der Waals surface area contributed by atoms with E-state index in [4.69, 9.17) is 10.5 Å². The highest BCUT2D eigenvalue weighted by Crippen LogP contribution is 2.29. The Morgan fingerprint density at radius 1 is 1.30 bits per heavy atom. The van der Waals surface area contributed by atoms with Crippen LogP contribution in [0.4, 0.5) is 0 Å². The second kappa shape index (κ2) is 6.86. The van der Waals surface area contributed by atoms with Crippen molar-refractivity contribution in [2.75, 3.05) is 7.11 Å². The number of hydrogen-bond donors (Lipinski definition) is 2. The summed E-state index contributed by atoms with van der Waals surface area (Å²) in [6.45, 7) is 1.10. The summed E-state index contributed by atoms with van der Waals surface area (Å²) in [6, 6.07) is 7.99. The molecule has 0 unspecified atom stereocenters. The van der Waals surface area contributed by atoms with Crippen LogP contribution in [0, 0.1) is 0 Å². The minimum atomic E-state index is -0.282. The summed E-state index contributed by atoms with van der Waals surface area (Å²) < 4.78 is 5.17. The first-order valence-corrected chi connectivity index (χ1v) is 7.24. The van der Waals surface area contributed by atoms with E-state index in [1.165, 1.54) is 0 Å². The smallest absolute Gasteiger partial charge is 0.222 e. The molecule has 1 saturated carbocycles. The van der Waals surface area contributed by atoms with Crippen molar-refractivity contribution in [1.82, 2.24) is 5.32 Å². The Balaban J connectivity index is 1.87. The Bertz CT molecular complexity index is 454. The van der Waals surface area contributed by atoms with Gasteiger partial charge in [-0.1, -0.05) is 37.1 Å². The number of ether oxygens (including phenoxy) is 1. The van der Waals surface area contributed by atoms with Crippen molar-refractivity contribution in [3.63, 3.8) is 0 Å². The summed E-state index contributed by atoms with van der Waals surface area (Å²) >= 11 is 0. The molecule has 0 atom stereocenters. The van der Waals surface area contributed by atoms with Gasteiger partial charge in [-0.3, -0.25) is 4.79 Å². The lowest BCUT2D eigenvalue weighted by Crippen LogP contribution is -2.42. The van der Waals surface area contributed by atoms with Crippen LogP contribution >= 0.6 is 0 Å². The van der Waals surface area contributed by atoms with Crippen LogP contribution in [-0.2, 0) is 22.7 Å². The molecule has 1 fully saturated rings. The number of hydrogen-bond acceptors (Lipinski definition) is 3. The quantitative estimate of drug-likeness (QED) is 0.836. The number of amides is 1. The Hall–Kier alpha value is -1.39. The van der Waals surface area contributed by atoms with Crippen molar-refractivity contribution in [3.8, 4) is 0 Å². The van der Waals surface area contributed by atoms with Crippen molar-refractivity contribution < 1.29 is 9.53 Å². The molecule has 2 rings (SSSR count). The molecule has 4 nitrogen and oxygen atoms in total. The fourth-order valence-corrected chi connectivity index (χ4v) is 2.86. The molecule has 0 heterocycles. The topological polar surface area (TPSA) is 64.3 Å². The number of benzene rings is 1. The van der Waals surface area contributed by atoms with Crippen LogP contribution in [0.15, 0.2) is 24.3 Å². The molecule has 0 spiro atoms. The van der Waals surface area contributed by atoms with E-state index in [0.717, 1.165) is 36.8 Å². The zero-order valence-electron chi connectivity index (χ0n) is 12.2. The van der Waals surface area contributed by atoms with E-state index in [1.54, 1.807) is 7.11 Å². The van der Waals surface area contributed by atoms with Crippen LogP contribution in [0.2, 0.25) is 0 Å². The number of methoxy groups -OCH3 is 1. The molecule has 4 heteroatoms. The van der Waals surface area contributed by atoms with Crippen LogP contribution in [0.5, 0.6) is 0 Å². The minimum Gasteiger partial charge on any atom is -0.380 e. The maximum Gasteiger partial charge on any atom is 0.222 e. The fourth-order valence-electron chi connectivity index (χ4n) is 2.86. The van der Waals surface area contributed by atoms with Gasteiger partial charge in [0.15, 0.2) is 0 Å². The summed E-state index contributed by atoms with van der Waals surface area (Å²) in [7, 11) is 1.67. The largest absolute Gasteiger partial charge is 0.380 e. The molecule has 3 N–H and O–H groups in total. The van der Waals surface area contributed by atoms with Gasteiger partial charge in [0, 0.05) is 25.6 Å². The summed E-state index contributed by atoms with van der Waals surface area (Å²) in [5, 5.41) is 2.98. The first kappa shape index (κ1) is 15.0. The van der Waals surface area contributed by atoms with Crippen LogP contribution in [0.25, 0.3) is 0 Å². The van der Waals surface area contributed by atoms with Crippen molar-refractivity contribution in [1.29, 1.82) is 0 Å². The molecule has 1 aliphatic rings. The van der Waals surface area contributed by atoms with E-state index < -0.39 is 0 Å². The molecule has 1 aromatic carbocycles. The van der Waals surface area contributed by atoms with Crippen LogP contribution in [0.1, 0.15) is 43.2 Å². The van der Waals surface area contributed by atoms with Gasteiger partial charge < -0.3 is 15.8 Å². The van der Waals surface area contributed by atoms with E-state index in [1.807, 2.05) is 24.3 Å². The first-order chi connectivity index (χ1) is 9.63. The van der Waals surface area contributed by atoms with E-state index in [-0.39, 0.29) is 11.4 Å². The van der Waals surface area contributed by atoms with E-state index in [0.29, 0.717) is 19.6 Å². The Morgan fingerprint density at radius 3 is 2.60 bits per heavy atom. The van der Waals surface area contributed by atoms with E-state index in [2.05, 4.69) is 5.32 Å². The molecule has 110 valence electrons. The highest BCUT2D eigenvalue weighted by atomic mass is 16.5. The van der Waals surface area contributed by atoms with Gasteiger partial charge in [0.25, 0.3) is 0 Å². The van der Waals surface area contributed by atoms with Gasteiger partial charge in [-0.15, -0.1) is 0 Å². The Morgan fingerprint density at radius 2 is 1.95 bits per heavy atom. The van der Waals surface area contributed by atoms with Gasteiger partial charge in [0.05, 0.1) is 6.61 Å². The molecule has 1 amide bonds. The third-order valence-electron chi connectivity index (χ3n) is 4.01. The summed E-state index contributed by atoms with van der Waals surface area (Å²) in [5.74, 6) is 0.0432. The molecule has 0 aromatic heterocycles. The summed E-state index contributed by atoms with van der Waals surface area (Å²) in [5.41, 5.74) is 8.15. The average Bonchev–Trinajstić information content (AvgIpc) is 2.84. The molecule has 1 aliphatic carbocycles. The van der Waals surface area contributed by atoms with E-state index in [9.17, 15) is 4.79 Å². The summed E-state index contributed by atoms with van der Waals surface area (Å²) in [4.78, 5) is 12.0. The van der Waals surface area contributed by atoms with Crippen molar-refractivity contribution in [3.05, 3.63) is 35.4 Å². The number of nitrogens with two attached hydrogens (primary N) is 1. The molecule has 0 bridgehead atoms. The third kappa shape index (κ3) is 4.05. The van der Waals surface area contributed by atoms with Gasteiger partial charge in [-0.2, -0.15) is 0 Å². The monoisotopic (exact) mass is 276 g/mol. The normalized spacial score (nSPS) is 17.1. The average molecular weight is 276 g/mol. The molecule has 1 aromatic rings. The predicted molar refractivity (Wildman–Crippen MR) is 79.0 cm³/mol. The van der Waals surface area contributed by atoms with E-state index >= 15 is 0 Å². The zero-order valence-corrected chi connectivity index (χ0v) is 12.2. The van der Waals surface area contributed by atoms with Crippen LogP contribution in [-0.4, -0.2) is 18.6 Å². The van der Waals surface area contributed by atoms with Crippen molar-refractivity contribution in [2.45, 2.75) is 50.8 Å².